The number of hydrogen-bond donors (Lipinski definition) is 2. The molecule has 2 heteroatoms. The fourth-order valence-electron chi connectivity index (χ4n) is 4.59. The Morgan fingerprint density at radius 3 is 1.76 bits per heavy atom. The summed E-state index contributed by atoms with van der Waals surface area (Å²) in [7, 11) is 0. The van der Waals surface area contributed by atoms with Crippen molar-refractivity contribution in [3.05, 3.63) is 23.5 Å². The van der Waals surface area contributed by atoms with Crippen molar-refractivity contribution in [3.63, 3.8) is 0 Å². The fourth-order valence-corrected chi connectivity index (χ4v) is 4.59. The molecule has 2 unspecified atom stereocenters. The first-order chi connectivity index (χ1) is 17.5. The average molecular weight is 543 g/mol. The number of aliphatic hydroxyl groups is 1. The predicted molar refractivity (Wildman–Crippen MR) is 179 cm³/mol. The summed E-state index contributed by atoms with van der Waals surface area (Å²) < 4.78 is 0. The maximum absolute atomic E-state index is 9.37. The van der Waals surface area contributed by atoms with Gasteiger partial charge >= 0.3 is 0 Å². The monoisotopic (exact) mass is 543 g/mol. The molecule has 0 radical (unpaired) electrons. The Balaban J connectivity index is -0.000000215. The molecule has 0 heterocycles. The van der Waals surface area contributed by atoms with Gasteiger partial charge in [-0.05, 0) is 60.2 Å². The maximum atomic E-state index is 9.37. The lowest BCUT2D eigenvalue weighted by Crippen LogP contribution is -2.29. The average Bonchev–Trinajstić information content (AvgIpc) is 2.88. The lowest BCUT2D eigenvalue weighted by Gasteiger charge is -2.40. The van der Waals surface area contributed by atoms with E-state index in [9.17, 15) is 5.11 Å². The lowest BCUT2D eigenvalue weighted by atomic mass is 9.65. The molecule has 1 saturated carbocycles. The van der Waals surface area contributed by atoms with Gasteiger partial charge in [-0.1, -0.05) is 154 Å². The number of thiol groups is 1. The highest BCUT2D eigenvalue weighted by molar-refractivity contribution is 7.80. The summed E-state index contributed by atoms with van der Waals surface area (Å²) in [6, 6.07) is 0. The topological polar surface area (TPSA) is 20.2 Å². The van der Waals surface area contributed by atoms with E-state index in [2.05, 4.69) is 87.9 Å². The normalized spacial score (nSPS) is 18.4. The molecule has 0 saturated heterocycles. The van der Waals surface area contributed by atoms with Crippen LogP contribution in [0.1, 0.15) is 168 Å². The number of aliphatic hydroxyl groups excluding tert-OH is 1. The molecule has 0 aromatic heterocycles. The molecular formula is C35H74OS. The van der Waals surface area contributed by atoms with Crippen LogP contribution < -0.4 is 0 Å². The Morgan fingerprint density at radius 2 is 1.43 bits per heavy atom. The zero-order valence-corrected chi connectivity index (χ0v) is 29.2. The zero-order chi connectivity index (χ0) is 29.9. The van der Waals surface area contributed by atoms with Crippen LogP contribution in [-0.4, -0.2) is 10.9 Å². The lowest BCUT2D eigenvalue weighted by molar-refractivity contribution is 0.163. The number of rotatable bonds is 7. The third kappa shape index (κ3) is 25.7. The van der Waals surface area contributed by atoms with E-state index in [-0.39, 0.29) is 0 Å². The van der Waals surface area contributed by atoms with Crippen LogP contribution in [-0.2, 0) is 0 Å². The van der Waals surface area contributed by atoms with Gasteiger partial charge < -0.3 is 5.11 Å². The second kappa shape index (κ2) is 30.2. The van der Waals surface area contributed by atoms with E-state index < -0.39 is 0 Å². The predicted octanol–water partition coefficient (Wildman–Crippen LogP) is 13.3. The smallest absolute Gasteiger partial charge is 0.0925 e. The molecule has 1 N–H and O–H groups in total. The van der Waals surface area contributed by atoms with Gasteiger partial charge in [0.05, 0.1) is 5.76 Å². The highest BCUT2D eigenvalue weighted by Gasteiger charge is 2.34. The third-order valence-electron chi connectivity index (χ3n) is 6.88. The Bertz CT molecular complexity index is 501. The van der Waals surface area contributed by atoms with Crippen LogP contribution in [0.25, 0.3) is 0 Å². The number of unbranched alkanes of at least 4 members (excludes halogenated alkanes) is 1. The molecule has 0 aromatic rings. The Labute approximate surface area is 243 Å². The molecular weight excluding hydrogens is 468 g/mol. The van der Waals surface area contributed by atoms with E-state index >= 15 is 0 Å². The van der Waals surface area contributed by atoms with Gasteiger partial charge in [-0.25, -0.2) is 0 Å². The molecule has 0 aromatic carbocycles. The summed E-state index contributed by atoms with van der Waals surface area (Å²) in [5.74, 6) is 4.90. The second-order valence-electron chi connectivity index (χ2n) is 11.5. The summed E-state index contributed by atoms with van der Waals surface area (Å²) in [5, 5.41) is 9.37. The van der Waals surface area contributed by atoms with Crippen LogP contribution in [0, 0.1) is 29.1 Å². The molecule has 2 aliphatic rings. The van der Waals surface area contributed by atoms with Gasteiger partial charge in [-0.15, -0.1) is 0 Å². The first-order valence-electron chi connectivity index (χ1n) is 16.2. The zero-order valence-electron chi connectivity index (χ0n) is 28.3. The minimum absolute atomic E-state index is 0.463. The van der Waals surface area contributed by atoms with Gasteiger partial charge in [-0.2, -0.15) is 12.6 Å². The van der Waals surface area contributed by atoms with Gasteiger partial charge in [0.2, 0.25) is 0 Å². The summed E-state index contributed by atoms with van der Waals surface area (Å²) in [4.78, 5) is 0. The van der Waals surface area contributed by atoms with Crippen LogP contribution in [0.5, 0.6) is 0 Å². The van der Waals surface area contributed by atoms with E-state index in [1.54, 1.807) is 5.57 Å². The van der Waals surface area contributed by atoms with Gasteiger partial charge in [0.1, 0.15) is 0 Å². The first kappa shape index (κ1) is 43.7. The Kier molecular flexibility index (Phi) is 35.6. The van der Waals surface area contributed by atoms with Crippen molar-refractivity contribution >= 4 is 12.6 Å². The minimum Gasteiger partial charge on any atom is -0.512 e. The minimum atomic E-state index is 0.463. The molecule has 226 valence electrons. The molecule has 0 bridgehead atoms. The van der Waals surface area contributed by atoms with E-state index in [4.69, 9.17) is 0 Å². The molecule has 0 amide bonds. The molecule has 1 nitrogen and oxygen atoms in total. The summed E-state index contributed by atoms with van der Waals surface area (Å²) in [6.07, 6.45) is 18.2. The quantitative estimate of drug-likeness (QED) is 0.306. The molecule has 0 aliphatic heterocycles. The van der Waals surface area contributed by atoms with Crippen LogP contribution in [0.15, 0.2) is 23.5 Å². The summed E-state index contributed by atoms with van der Waals surface area (Å²) in [6.45, 7) is 30.6. The van der Waals surface area contributed by atoms with Crippen molar-refractivity contribution in [2.75, 3.05) is 5.75 Å². The van der Waals surface area contributed by atoms with Gasteiger partial charge in [0.15, 0.2) is 0 Å². The molecule has 1 fully saturated rings. The van der Waals surface area contributed by atoms with E-state index in [0.717, 1.165) is 42.3 Å². The van der Waals surface area contributed by atoms with Gasteiger partial charge in [0.25, 0.3) is 0 Å². The largest absolute Gasteiger partial charge is 0.512 e. The van der Waals surface area contributed by atoms with Crippen LogP contribution >= 0.6 is 12.6 Å². The van der Waals surface area contributed by atoms with Crippen molar-refractivity contribution in [2.24, 2.45) is 29.1 Å². The van der Waals surface area contributed by atoms with Crippen molar-refractivity contribution in [3.8, 4) is 0 Å². The number of hydrogen-bond acceptors (Lipinski definition) is 2. The van der Waals surface area contributed by atoms with Crippen LogP contribution in [0.3, 0.4) is 0 Å². The fraction of sp³-hybridized carbons (Fsp3) is 0.886. The number of allylic oxidation sites excluding steroid dienone is 4. The second-order valence-corrected chi connectivity index (χ2v) is 11.9. The van der Waals surface area contributed by atoms with E-state index in [1.807, 2.05) is 33.8 Å². The standard InChI is InChI=1S/C14H22O.C10H22.C4H10S.C3H8.2C2H6/c1-14(2)10-4-3-5-13(14)11-6-8-12(15)9-7-11;1-5-7-8-10(6-2)9(3)4;1-4(2)3-5;1-3-2;2*1-2/h6,8,13,15H,3-5,7,9-10H2,1-2H3;9-10H,5-8H2,1-4H3;4-5H,3H2,1-2H3;3H2,1-2H3;2*1-2H3. The first-order valence-corrected chi connectivity index (χ1v) is 16.8. The van der Waals surface area contributed by atoms with Crippen molar-refractivity contribution < 1.29 is 5.11 Å². The van der Waals surface area contributed by atoms with Crippen molar-refractivity contribution in [1.29, 1.82) is 0 Å². The highest BCUT2D eigenvalue weighted by atomic mass is 32.1. The molecule has 2 atom stereocenters. The van der Waals surface area contributed by atoms with Gasteiger partial charge in [0, 0.05) is 6.42 Å². The molecule has 37 heavy (non-hydrogen) atoms. The molecule has 2 rings (SSSR count). The van der Waals surface area contributed by atoms with E-state index in [1.165, 1.54) is 57.8 Å². The Morgan fingerprint density at radius 1 is 0.919 bits per heavy atom. The van der Waals surface area contributed by atoms with Crippen molar-refractivity contribution in [1.82, 2.24) is 0 Å². The van der Waals surface area contributed by atoms with E-state index in [0.29, 0.717) is 11.2 Å². The SMILES string of the molecule is CC.CC.CC(C)CS.CC1(C)CCCCC1C1=CC=C(O)CC1.CCC.CCCCC(CC)C(C)C. The Hall–Kier alpha value is -0.370. The maximum Gasteiger partial charge on any atom is 0.0925 e. The highest BCUT2D eigenvalue weighted by Crippen LogP contribution is 2.46. The molecule has 0 spiro atoms. The summed E-state index contributed by atoms with van der Waals surface area (Å²) in [5.41, 5.74) is 2.03. The third-order valence-corrected chi connectivity index (χ3v) is 7.61. The molecule has 2 aliphatic carbocycles. The van der Waals surface area contributed by atoms with Crippen LogP contribution in [0.4, 0.5) is 0 Å². The van der Waals surface area contributed by atoms with Gasteiger partial charge in [-0.3, -0.25) is 0 Å². The van der Waals surface area contributed by atoms with Crippen molar-refractivity contribution in [2.45, 2.75) is 168 Å². The summed E-state index contributed by atoms with van der Waals surface area (Å²) >= 11 is 4.02. The van der Waals surface area contributed by atoms with Crippen LogP contribution in [0.2, 0.25) is 0 Å².